The topological polar surface area (TPSA) is 108 Å². The fourth-order valence-corrected chi connectivity index (χ4v) is 4.97. The van der Waals surface area contributed by atoms with E-state index >= 15 is 0 Å². The summed E-state index contributed by atoms with van der Waals surface area (Å²) >= 11 is 2.62. The third-order valence-electron chi connectivity index (χ3n) is 4.04. The smallest absolute Gasteiger partial charge is 0.341 e. The maximum Gasteiger partial charge on any atom is 0.341 e. The zero-order valence-corrected chi connectivity index (χ0v) is 16.2. The van der Waals surface area contributed by atoms with Gasteiger partial charge in [0.15, 0.2) is 6.61 Å². The van der Waals surface area contributed by atoms with E-state index in [2.05, 4.69) is 10.6 Å². The van der Waals surface area contributed by atoms with Gasteiger partial charge in [0.25, 0.3) is 5.91 Å². The Morgan fingerprint density at radius 3 is 2.74 bits per heavy atom. The van der Waals surface area contributed by atoms with Crippen molar-refractivity contribution in [3.05, 3.63) is 33.0 Å². The van der Waals surface area contributed by atoms with Crippen molar-refractivity contribution in [2.24, 2.45) is 0 Å². The Morgan fingerprint density at radius 2 is 2.00 bits per heavy atom. The predicted molar refractivity (Wildman–Crippen MR) is 103 cm³/mol. The number of ether oxygens (including phenoxy) is 1. The van der Waals surface area contributed by atoms with E-state index in [1.165, 1.54) is 29.6 Å². The second-order valence-electron chi connectivity index (χ2n) is 6.00. The van der Waals surface area contributed by atoms with Crippen LogP contribution in [0.4, 0.5) is 10.0 Å². The summed E-state index contributed by atoms with van der Waals surface area (Å²) in [6, 6.07) is 3.58. The molecule has 2 aromatic heterocycles. The normalized spacial score (nSPS) is 12.6. The molecule has 0 aliphatic heterocycles. The Hall–Kier alpha value is -2.70. The van der Waals surface area contributed by atoms with Crippen LogP contribution in [0.2, 0.25) is 0 Å². The minimum Gasteiger partial charge on any atom is -0.452 e. The van der Waals surface area contributed by atoms with Crippen molar-refractivity contribution >= 4 is 50.5 Å². The first-order valence-electron chi connectivity index (χ1n) is 8.36. The number of nitriles is 1. The maximum absolute atomic E-state index is 12.6. The lowest BCUT2D eigenvalue weighted by atomic mass is 9.95. The molecule has 2 aromatic rings. The Labute approximate surface area is 164 Å². The number of nitrogens with zero attached hydrogens (tertiary/aromatic N) is 1. The van der Waals surface area contributed by atoms with Crippen molar-refractivity contribution in [1.82, 2.24) is 0 Å². The van der Waals surface area contributed by atoms with Crippen molar-refractivity contribution in [2.45, 2.75) is 32.6 Å². The highest BCUT2D eigenvalue weighted by Gasteiger charge is 2.27. The number of fused-ring (bicyclic) bond motifs is 1. The first kappa shape index (κ1) is 19.1. The number of anilines is 2. The van der Waals surface area contributed by atoms with Crippen LogP contribution < -0.4 is 10.6 Å². The summed E-state index contributed by atoms with van der Waals surface area (Å²) in [4.78, 5) is 37.2. The average Bonchev–Trinajstić information content (AvgIpc) is 3.22. The van der Waals surface area contributed by atoms with Gasteiger partial charge in [0, 0.05) is 11.8 Å². The molecule has 1 aliphatic carbocycles. The van der Waals surface area contributed by atoms with E-state index in [0.29, 0.717) is 21.1 Å². The molecule has 1 aliphatic rings. The molecule has 0 saturated carbocycles. The fourth-order valence-electron chi connectivity index (χ4n) is 2.89. The third kappa shape index (κ3) is 4.35. The van der Waals surface area contributed by atoms with Crippen LogP contribution >= 0.6 is 22.7 Å². The number of hydrogen-bond acceptors (Lipinski definition) is 7. The van der Waals surface area contributed by atoms with Crippen LogP contribution in [0.3, 0.4) is 0 Å². The summed E-state index contributed by atoms with van der Waals surface area (Å²) in [7, 11) is 0. The van der Waals surface area contributed by atoms with Gasteiger partial charge in [-0.3, -0.25) is 9.59 Å². The summed E-state index contributed by atoms with van der Waals surface area (Å²) in [5, 5.41) is 16.8. The van der Waals surface area contributed by atoms with Crippen molar-refractivity contribution in [3.63, 3.8) is 0 Å². The largest absolute Gasteiger partial charge is 0.452 e. The molecule has 0 bridgehead atoms. The van der Waals surface area contributed by atoms with Gasteiger partial charge in [-0.1, -0.05) is 0 Å². The second kappa shape index (κ2) is 8.33. The lowest BCUT2D eigenvalue weighted by Crippen LogP contribution is -2.22. The van der Waals surface area contributed by atoms with Crippen LogP contribution in [0.1, 0.15) is 46.1 Å². The molecule has 2 N–H and O–H groups in total. The molecule has 0 radical (unpaired) electrons. The lowest BCUT2D eigenvalue weighted by molar-refractivity contribution is -0.119. The molecular formula is C18H17N3O4S2. The lowest BCUT2D eigenvalue weighted by Gasteiger charge is -2.12. The van der Waals surface area contributed by atoms with Crippen LogP contribution in [0.25, 0.3) is 0 Å². The molecule has 0 atom stereocenters. The van der Waals surface area contributed by atoms with Gasteiger partial charge in [-0.2, -0.15) is 5.26 Å². The molecule has 27 heavy (non-hydrogen) atoms. The average molecular weight is 403 g/mol. The highest BCUT2D eigenvalue weighted by molar-refractivity contribution is 7.17. The van der Waals surface area contributed by atoms with Gasteiger partial charge in [0.1, 0.15) is 16.1 Å². The molecule has 0 spiro atoms. The quantitative estimate of drug-likeness (QED) is 0.745. The molecule has 2 heterocycles. The van der Waals surface area contributed by atoms with Crippen LogP contribution in [0.15, 0.2) is 11.4 Å². The van der Waals surface area contributed by atoms with Gasteiger partial charge in [-0.05, 0) is 42.7 Å². The zero-order valence-electron chi connectivity index (χ0n) is 14.6. The van der Waals surface area contributed by atoms with Gasteiger partial charge in [0.2, 0.25) is 5.91 Å². The number of hydrogen-bond donors (Lipinski definition) is 2. The SMILES string of the molecule is CC(=O)Nc1sc2c(c1C(=O)OCC(=O)Nc1sccc1C#N)CCCC2. The molecule has 9 heteroatoms. The van der Waals surface area contributed by atoms with Crippen LogP contribution in [0, 0.1) is 11.3 Å². The summed E-state index contributed by atoms with van der Waals surface area (Å²) in [6.45, 7) is 0.917. The van der Waals surface area contributed by atoms with E-state index < -0.39 is 18.5 Å². The van der Waals surface area contributed by atoms with Gasteiger partial charge >= 0.3 is 5.97 Å². The number of carbonyl (C=O) groups excluding carboxylic acids is 3. The number of esters is 1. The second-order valence-corrected chi connectivity index (χ2v) is 8.02. The molecule has 0 saturated heterocycles. The van der Waals surface area contributed by atoms with Crippen LogP contribution in [-0.4, -0.2) is 24.4 Å². The standard InChI is InChI=1S/C18H17N3O4S2/c1-10(22)20-17-15(12-4-2-3-5-13(12)27-17)18(24)25-9-14(23)21-16-11(8-19)6-7-26-16/h6-7H,2-5,9H2,1H3,(H,20,22)(H,21,23). The number of thiophene rings is 2. The van der Waals surface area contributed by atoms with Crippen molar-refractivity contribution in [1.29, 1.82) is 5.26 Å². The first-order valence-corrected chi connectivity index (χ1v) is 10.1. The number of amides is 2. The van der Waals surface area contributed by atoms with E-state index in [0.717, 1.165) is 36.1 Å². The van der Waals surface area contributed by atoms with E-state index in [4.69, 9.17) is 10.00 Å². The van der Waals surface area contributed by atoms with Crippen molar-refractivity contribution in [2.75, 3.05) is 17.2 Å². The number of nitrogens with one attached hydrogen (secondary N) is 2. The summed E-state index contributed by atoms with van der Waals surface area (Å²) in [5.41, 5.74) is 1.62. The minimum atomic E-state index is -0.625. The van der Waals surface area contributed by atoms with Crippen molar-refractivity contribution in [3.8, 4) is 6.07 Å². The molecule has 140 valence electrons. The zero-order chi connectivity index (χ0) is 19.4. The first-order chi connectivity index (χ1) is 13.0. The molecule has 3 rings (SSSR count). The highest BCUT2D eigenvalue weighted by Crippen LogP contribution is 2.38. The Balaban J connectivity index is 1.70. The van der Waals surface area contributed by atoms with Crippen LogP contribution in [-0.2, 0) is 27.2 Å². The molecule has 0 aromatic carbocycles. The van der Waals surface area contributed by atoms with E-state index in [9.17, 15) is 14.4 Å². The van der Waals surface area contributed by atoms with Crippen LogP contribution in [0.5, 0.6) is 0 Å². The van der Waals surface area contributed by atoms with E-state index in [1.54, 1.807) is 11.4 Å². The predicted octanol–water partition coefficient (Wildman–Crippen LogP) is 3.31. The minimum absolute atomic E-state index is 0.262. The van der Waals surface area contributed by atoms with E-state index in [1.807, 2.05) is 6.07 Å². The maximum atomic E-state index is 12.6. The third-order valence-corrected chi connectivity index (χ3v) is 6.08. The molecule has 2 amide bonds. The molecule has 0 unspecified atom stereocenters. The Kier molecular flexibility index (Phi) is 5.88. The summed E-state index contributed by atoms with van der Waals surface area (Å²) in [5.74, 6) is -1.41. The summed E-state index contributed by atoms with van der Waals surface area (Å²) in [6.07, 6.45) is 3.64. The Bertz CT molecular complexity index is 939. The van der Waals surface area contributed by atoms with Gasteiger partial charge < -0.3 is 15.4 Å². The monoisotopic (exact) mass is 403 g/mol. The fraction of sp³-hybridized carbons (Fsp3) is 0.333. The van der Waals surface area contributed by atoms with Gasteiger partial charge in [-0.25, -0.2) is 4.79 Å². The van der Waals surface area contributed by atoms with E-state index in [-0.39, 0.29) is 5.91 Å². The van der Waals surface area contributed by atoms with Gasteiger partial charge in [-0.15, -0.1) is 22.7 Å². The number of rotatable bonds is 5. The molecule has 0 fully saturated rings. The highest BCUT2D eigenvalue weighted by atomic mass is 32.1. The molecule has 7 nitrogen and oxygen atoms in total. The number of aryl methyl sites for hydroxylation is 1. The Morgan fingerprint density at radius 1 is 1.22 bits per heavy atom. The summed E-state index contributed by atoms with van der Waals surface area (Å²) < 4.78 is 5.18. The number of carbonyl (C=O) groups is 3. The molecular weight excluding hydrogens is 386 g/mol. The van der Waals surface area contributed by atoms with Crippen molar-refractivity contribution < 1.29 is 19.1 Å². The van der Waals surface area contributed by atoms with Gasteiger partial charge in [0.05, 0.1) is 11.1 Å².